The van der Waals surface area contributed by atoms with E-state index in [-0.39, 0.29) is 16.1 Å². The van der Waals surface area contributed by atoms with E-state index in [0.717, 1.165) is 6.07 Å². The SMILES string of the molecule is FC(c1ccccc1-c1ccccc1Cl)C(F)(F)C(F)(F)F. The minimum atomic E-state index is -5.99. The Labute approximate surface area is 127 Å². The topological polar surface area (TPSA) is 0 Å². The molecule has 0 fully saturated rings. The molecule has 0 nitrogen and oxygen atoms in total. The van der Waals surface area contributed by atoms with Crippen molar-refractivity contribution in [2.45, 2.75) is 18.3 Å². The number of benzene rings is 2. The second-order valence-corrected chi connectivity index (χ2v) is 4.96. The predicted molar refractivity (Wildman–Crippen MR) is 71.7 cm³/mol. The maximum atomic E-state index is 14.0. The summed E-state index contributed by atoms with van der Waals surface area (Å²) in [5, 5.41) is 0.123. The van der Waals surface area contributed by atoms with Gasteiger partial charge in [-0.3, -0.25) is 0 Å². The summed E-state index contributed by atoms with van der Waals surface area (Å²) >= 11 is 5.91. The molecule has 22 heavy (non-hydrogen) atoms. The number of alkyl halides is 6. The number of hydrogen-bond acceptors (Lipinski definition) is 0. The van der Waals surface area contributed by atoms with E-state index in [1.54, 1.807) is 6.07 Å². The second-order valence-electron chi connectivity index (χ2n) is 4.55. The summed E-state index contributed by atoms with van der Waals surface area (Å²) in [7, 11) is 0. The molecule has 2 aromatic rings. The quantitative estimate of drug-likeness (QED) is 0.583. The van der Waals surface area contributed by atoms with Gasteiger partial charge in [0.2, 0.25) is 0 Å². The van der Waals surface area contributed by atoms with E-state index in [1.807, 2.05) is 0 Å². The van der Waals surface area contributed by atoms with Crippen LogP contribution in [0.5, 0.6) is 0 Å². The van der Waals surface area contributed by atoms with Gasteiger partial charge < -0.3 is 0 Å². The fourth-order valence-corrected chi connectivity index (χ4v) is 2.22. The Morgan fingerprint density at radius 2 is 1.27 bits per heavy atom. The summed E-state index contributed by atoms with van der Waals surface area (Å²) in [5.74, 6) is -5.50. The van der Waals surface area contributed by atoms with Gasteiger partial charge in [0.15, 0.2) is 6.17 Å². The first kappa shape index (κ1) is 16.7. The third-order valence-electron chi connectivity index (χ3n) is 3.09. The molecule has 1 unspecified atom stereocenters. The van der Waals surface area contributed by atoms with Crippen molar-refractivity contribution in [3.05, 3.63) is 59.1 Å². The molecular weight excluding hydrogens is 330 g/mol. The lowest BCUT2D eigenvalue weighted by molar-refractivity contribution is -0.305. The molecule has 0 radical (unpaired) electrons. The van der Waals surface area contributed by atoms with Crippen LogP contribution in [0.15, 0.2) is 48.5 Å². The molecule has 0 amide bonds. The zero-order chi connectivity index (χ0) is 16.5. The van der Waals surface area contributed by atoms with E-state index in [1.165, 1.54) is 36.4 Å². The molecule has 0 aliphatic carbocycles. The van der Waals surface area contributed by atoms with E-state index in [0.29, 0.717) is 0 Å². The molecule has 2 aromatic carbocycles. The fraction of sp³-hybridized carbons (Fsp3) is 0.200. The molecule has 1 atom stereocenters. The summed E-state index contributed by atoms with van der Waals surface area (Å²) < 4.78 is 77.6. The fourth-order valence-electron chi connectivity index (χ4n) is 1.98. The van der Waals surface area contributed by atoms with Crippen molar-refractivity contribution >= 4 is 11.6 Å². The van der Waals surface area contributed by atoms with Crippen LogP contribution in [-0.4, -0.2) is 12.1 Å². The molecule has 0 aliphatic rings. The third kappa shape index (κ3) is 2.92. The average molecular weight is 339 g/mol. The highest BCUT2D eigenvalue weighted by Gasteiger charge is 2.63. The lowest BCUT2D eigenvalue weighted by Gasteiger charge is -2.25. The highest BCUT2D eigenvalue weighted by molar-refractivity contribution is 6.33. The van der Waals surface area contributed by atoms with Crippen molar-refractivity contribution in [3.63, 3.8) is 0 Å². The summed E-state index contributed by atoms with van der Waals surface area (Å²) in [4.78, 5) is 0. The van der Waals surface area contributed by atoms with Crippen LogP contribution >= 0.6 is 11.6 Å². The van der Waals surface area contributed by atoms with Crippen LogP contribution in [0.4, 0.5) is 26.3 Å². The van der Waals surface area contributed by atoms with Crippen molar-refractivity contribution in [1.29, 1.82) is 0 Å². The Kier molecular flexibility index (Phi) is 4.42. The molecule has 2 rings (SSSR count). The Morgan fingerprint density at radius 1 is 0.773 bits per heavy atom. The van der Waals surface area contributed by atoms with Crippen molar-refractivity contribution in [2.24, 2.45) is 0 Å². The van der Waals surface area contributed by atoms with Crippen molar-refractivity contribution < 1.29 is 26.3 Å². The smallest absolute Gasteiger partial charge is 0.235 e. The van der Waals surface area contributed by atoms with E-state index >= 15 is 0 Å². The van der Waals surface area contributed by atoms with Gasteiger partial charge in [-0.05, 0) is 11.6 Å². The number of halogens is 7. The second kappa shape index (κ2) is 5.83. The normalized spacial score (nSPS) is 14.0. The van der Waals surface area contributed by atoms with Crippen molar-refractivity contribution in [1.82, 2.24) is 0 Å². The molecule has 0 saturated carbocycles. The van der Waals surface area contributed by atoms with Crippen LogP contribution < -0.4 is 0 Å². The van der Waals surface area contributed by atoms with Crippen LogP contribution in [-0.2, 0) is 0 Å². The maximum absolute atomic E-state index is 14.0. The molecule has 118 valence electrons. The Bertz CT molecular complexity index is 665. The highest BCUT2D eigenvalue weighted by atomic mass is 35.5. The number of hydrogen-bond donors (Lipinski definition) is 0. The van der Waals surface area contributed by atoms with E-state index < -0.39 is 23.8 Å². The summed E-state index contributed by atoms with van der Waals surface area (Å²) in [6.07, 6.45) is -9.51. The minimum absolute atomic E-state index is 0.107. The first-order valence-electron chi connectivity index (χ1n) is 6.08. The first-order chi connectivity index (χ1) is 10.2. The monoisotopic (exact) mass is 338 g/mol. The Balaban J connectivity index is 2.57. The third-order valence-corrected chi connectivity index (χ3v) is 3.42. The molecule has 0 spiro atoms. The van der Waals surface area contributed by atoms with Gasteiger partial charge in [0.25, 0.3) is 0 Å². The van der Waals surface area contributed by atoms with Crippen LogP contribution in [0, 0.1) is 0 Å². The van der Waals surface area contributed by atoms with Gasteiger partial charge in [-0.2, -0.15) is 22.0 Å². The zero-order valence-electron chi connectivity index (χ0n) is 10.8. The minimum Gasteiger partial charge on any atom is -0.235 e. The van der Waals surface area contributed by atoms with Gasteiger partial charge >= 0.3 is 12.1 Å². The predicted octanol–water partition coefficient (Wildman–Crippen LogP) is 6.22. The van der Waals surface area contributed by atoms with Gasteiger partial charge in [-0.1, -0.05) is 54.1 Å². The van der Waals surface area contributed by atoms with Gasteiger partial charge in [-0.15, -0.1) is 0 Å². The molecule has 0 aromatic heterocycles. The van der Waals surface area contributed by atoms with Gasteiger partial charge in [0, 0.05) is 16.1 Å². The molecule has 0 heterocycles. The Hall–Kier alpha value is -1.69. The molecule has 0 N–H and O–H groups in total. The summed E-state index contributed by atoms with van der Waals surface area (Å²) in [5.41, 5.74) is -0.692. The molecule has 7 heteroatoms. The molecule has 0 bridgehead atoms. The molecular formula is C15H9ClF6. The largest absolute Gasteiger partial charge is 0.456 e. The van der Waals surface area contributed by atoms with E-state index in [4.69, 9.17) is 11.6 Å². The highest BCUT2D eigenvalue weighted by Crippen LogP contribution is 2.48. The average Bonchev–Trinajstić information content (AvgIpc) is 2.46. The molecule has 0 saturated heterocycles. The summed E-state index contributed by atoms with van der Waals surface area (Å²) in [6, 6.07) is 10.7. The number of rotatable bonds is 3. The van der Waals surface area contributed by atoms with Crippen LogP contribution in [0.25, 0.3) is 11.1 Å². The van der Waals surface area contributed by atoms with Crippen molar-refractivity contribution in [3.8, 4) is 11.1 Å². The lowest BCUT2D eigenvalue weighted by atomic mass is 9.94. The van der Waals surface area contributed by atoms with E-state index in [9.17, 15) is 26.3 Å². The summed E-state index contributed by atoms with van der Waals surface area (Å²) in [6.45, 7) is 0. The molecule has 0 aliphatic heterocycles. The maximum Gasteiger partial charge on any atom is 0.456 e. The van der Waals surface area contributed by atoms with Crippen LogP contribution in [0.2, 0.25) is 5.02 Å². The standard InChI is InChI=1S/C15H9ClF6/c16-12-8-4-3-6-10(12)9-5-1-2-7-11(9)13(17)14(18,19)15(20,21)22/h1-8,13H. The lowest BCUT2D eigenvalue weighted by Crippen LogP contribution is -2.40. The van der Waals surface area contributed by atoms with Crippen molar-refractivity contribution in [2.75, 3.05) is 0 Å². The van der Waals surface area contributed by atoms with E-state index in [2.05, 4.69) is 0 Å². The first-order valence-corrected chi connectivity index (χ1v) is 6.46. The Morgan fingerprint density at radius 3 is 1.82 bits per heavy atom. The van der Waals surface area contributed by atoms with Gasteiger partial charge in [0.1, 0.15) is 0 Å². The van der Waals surface area contributed by atoms with Gasteiger partial charge in [0.05, 0.1) is 0 Å². The van der Waals surface area contributed by atoms with Crippen LogP contribution in [0.1, 0.15) is 11.7 Å². The zero-order valence-corrected chi connectivity index (χ0v) is 11.6. The van der Waals surface area contributed by atoms with Crippen LogP contribution in [0.3, 0.4) is 0 Å². The van der Waals surface area contributed by atoms with Gasteiger partial charge in [-0.25, -0.2) is 4.39 Å².